The Hall–Kier alpha value is -1.92. The quantitative estimate of drug-likeness (QED) is 0.555. The molecule has 2 N–H and O–H groups in total. The number of Topliss-reactive ketones (excluding diaryl/α,β-unsaturated/α-hetero) is 1. The van der Waals surface area contributed by atoms with Crippen molar-refractivity contribution in [3.8, 4) is 0 Å². The number of hydrogen-bond acceptors (Lipinski definition) is 5. The molecule has 4 aliphatic rings. The van der Waals surface area contributed by atoms with Crippen LogP contribution in [0.15, 0.2) is 0 Å². The highest BCUT2D eigenvalue weighted by Gasteiger charge is 2.76. The number of carbonyl (C=O) groups excluding carboxylic acids is 4. The summed E-state index contributed by atoms with van der Waals surface area (Å²) in [6.07, 6.45) is 2.49. The van der Waals surface area contributed by atoms with Gasteiger partial charge in [0.25, 0.3) is 5.91 Å². The zero-order valence-electron chi connectivity index (χ0n) is 17.6. The fraction of sp³-hybridized carbons (Fsp3) is 0.810. The van der Waals surface area contributed by atoms with Crippen LogP contribution in [0, 0.1) is 27.1 Å². The van der Waals surface area contributed by atoms with Crippen LogP contribution in [-0.4, -0.2) is 29.2 Å². The predicted molar refractivity (Wildman–Crippen MR) is 99.4 cm³/mol. The lowest BCUT2D eigenvalue weighted by Crippen LogP contribution is -2.60. The summed E-state index contributed by atoms with van der Waals surface area (Å²) in [5.74, 6) is -1.08. The van der Waals surface area contributed by atoms with E-state index in [1.807, 2.05) is 41.5 Å². The van der Waals surface area contributed by atoms with Gasteiger partial charge in [0, 0.05) is 17.3 Å². The van der Waals surface area contributed by atoms with Crippen LogP contribution in [0.1, 0.15) is 73.6 Å². The zero-order chi connectivity index (χ0) is 21.0. The third-order valence-corrected chi connectivity index (χ3v) is 9.88. The molecule has 0 spiro atoms. The van der Waals surface area contributed by atoms with Crippen molar-refractivity contribution in [1.82, 2.24) is 10.9 Å². The van der Waals surface area contributed by atoms with E-state index in [0.29, 0.717) is 25.7 Å². The Morgan fingerprint density at radius 3 is 1.79 bits per heavy atom. The average molecular weight is 390 g/mol. The summed E-state index contributed by atoms with van der Waals surface area (Å²) < 4.78 is 5.56. The van der Waals surface area contributed by atoms with Crippen LogP contribution < -0.4 is 10.9 Å². The normalized spacial score (nSPS) is 44.5. The third-order valence-electron chi connectivity index (χ3n) is 9.88. The molecule has 4 atom stereocenters. The Balaban J connectivity index is 1.54. The SMILES string of the molecule is CC12CCC(C(=O)NNC(=O)C34CCC(C)(C(=O)O3)C4(C)C)(CC1=O)C2(C)C. The van der Waals surface area contributed by atoms with E-state index in [4.69, 9.17) is 4.74 Å². The van der Waals surface area contributed by atoms with Gasteiger partial charge in [-0.1, -0.05) is 34.6 Å². The number of esters is 1. The molecule has 2 amide bonds. The zero-order valence-corrected chi connectivity index (χ0v) is 17.6. The van der Waals surface area contributed by atoms with E-state index in [9.17, 15) is 19.2 Å². The van der Waals surface area contributed by atoms with E-state index < -0.39 is 38.6 Å². The van der Waals surface area contributed by atoms with Crippen LogP contribution >= 0.6 is 0 Å². The van der Waals surface area contributed by atoms with Crippen LogP contribution in [0.2, 0.25) is 0 Å². The van der Waals surface area contributed by atoms with Gasteiger partial charge in [-0.25, -0.2) is 0 Å². The first-order valence-electron chi connectivity index (χ1n) is 10.1. The summed E-state index contributed by atoms with van der Waals surface area (Å²) in [5, 5.41) is 0. The second-order valence-corrected chi connectivity index (χ2v) is 10.7. The molecular weight excluding hydrogens is 360 g/mol. The minimum Gasteiger partial charge on any atom is -0.448 e. The molecule has 1 heterocycles. The maximum atomic E-state index is 13.2. The molecule has 7 heteroatoms. The summed E-state index contributed by atoms with van der Waals surface area (Å²) in [5.41, 5.74) is 0.605. The van der Waals surface area contributed by atoms with Crippen molar-refractivity contribution in [3.05, 3.63) is 0 Å². The molecule has 4 fully saturated rings. The van der Waals surface area contributed by atoms with Crippen LogP contribution in [0.4, 0.5) is 0 Å². The van der Waals surface area contributed by atoms with Crippen LogP contribution in [0.25, 0.3) is 0 Å². The highest BCUT2D eigenvalue weighted by molar-refractivity contribution is 6.01. The maximum Gasteiger partial charge on any atom is 0.313 e. The van der Waals surface area contributed by atoms with Gasteiger partial charge in [-0.05, 0) is 38.0 Å². The van der Waals surface area contributed by atoms with Crippen molar-refractivity contribution in [3.63, 3.8) is 0 Å². The van der Waals surface area contributed by atoms with E-state index in [1.165, 1.54) is 0 Å². The molecule has 154 valence electrons. The van der Waals surface area contributed by atoms with Crippen molar-refractivity contribution in [2.75, 3.05) is 0 Å². The number of hydrazine groups is 1. The molecule has 0 aromatic rings. The molecule has 0 aromatic heterocycles. The summed E-state index contributed by atoms with van der Waals surface area (Å²) >= 11 is 0. The molecule has 1 aliphatic heterocycles. The molecule has 4 rings (SSSR count). The minimum atomic E-state index is -1.28. The van der Waals surface area contributed by atoms with E-state index >= 15 is 0 Å². The Morgan fingerprint density at radius 1 is 0.786 bits per heavy atom. The van der Waals surface area contributed by atoms with Gasteiger partial charge in [-0.3, -0.25) is 30.0 Å². The first-order valence-corrected chi connectivity index (χ1v) is 10.1. The standard InChI is InChI=1S/C21H30N2O5/c1-16(2)18(5)7-9-20(16,11-12(18)24)13(25)22-23-14(26)21-10-8-19(6,15(27)28-21)17(21,3)4/h7-11H2,1-6H3,(H,22,25)(H,23,26). The monoisotopic (exact) mass is 390 g/mol. The Morgan fingerprint density at radius 2 is 1.36 bits per heavy atom. The summed E-state index contributed by atoms with van der Waals surface area (Å²) in [6, 6.07) is 0. The fourth-order valence-electron chi connectivity index (χ4n) is 6.44. The predicted octanol–water partition coefficient (Wildman–Crippen LogP) is 2.04. The lowest BCUT2D eigenvalue weighted by Gasteiger charge is -2.39. The number of carbonyl (C=O) groups is 4. The largest absolute Gasteiger partial charge is 0.448 e. The molecule has 4 unspecified atom stereocenters. The molecule has 4 bridgehead atoms. The molecule has 1 saturated heterocycles. The maximum absolute atomic E-state index is 13.2. The molecule has 3 saturated carbocycles. The van der Waals surface area contributed by atoms with Crippen LogP contribution in [-0.2, 0) is 23.9 Å². The molecule has 0 radical (unpaired) electrons. The summed E-state index contributed by atoms with van der Waals surface area (Å²) in [4.78, 5) is 51.2. The van der Waals surface area contributed by atoms with E-state index in [1.54, 1.807) is 0 Å². The van der Waals surface area contributed by atoms with E-state index in [-0.39, 0.29) is 24.1 Å². The van der Waals surface area contributed by atoms with Gasteiger partial charge in [0.2, 0.25) is 5.91 Å². The smallest absolute Gasteiger partial charge is 0.313 e. The van der Waals surface area contributed by atoms with Gasteiger partial charge in [0.15, 0.2) is 5.60 Å². The molecule has 7 nitrogen and oxygen atoms in total. The molecule has 28 heavy (non-hydrogen) atoms. The van der Waals surface area contributed by atoms with Gasteiger partial charge in [-0.15, -0.1) is 0 Å². The Bertz CT molecular complexity index is 765. The fourth-order valence-corrected chi connectivity index (χ4v) is 6.44. The van der Waals surface area contributed by atoms with Gasteiger partial charge in [0.1, 0.15) is 5.78 Å². The lowest BCUT2D eigenvalue weighted by molar-refractivity contribution is -0.169. The van der Waals surface area contributed by atoms with E-state index in [2.05, 4.69) is 10.9 Å². The number of hydrogen-bond donors (Lipinski definition) is 2. The lowest BCUT2D eigenvalue weighted by atomic mass is 9.64. The minimum absolute atomic E-state index is 0.112. The second-order valence-electron chi connectivity index (χ2n) is 10.7. The van der Waals surface area contributed by atoms with Crippen LogP contribution in [0.3, 0.4) is 0 Å². The van der Waals surface area contributed by atoms with Gasteiger partial charge >= 0.3 is 5.97 Å². The van der Waals surface area contributed by atoms with Gasteiger partial charge < -0.3 is 4.74 Å². The van der Waals surface area contributed by atoms with Gasteiger partial charge in [-0.2, -0.15) is 0 Å². The number of fused-ring (bicyclic) bond motifs is 4. The first kappa shape index (κ1) is 19.4. The highest BCUT2D eigenvalue weighted by atomic mass is 16.6. The number of rotatable bonds is 2. The van der Waals surface area contributed by atoms with Crippen molar-refractivity contribution in [1.29, 1.82) is 0 Å². The Kier molecular flexibility index (Phi) is 3.44. The topological polar surface area (TPSA) is 102 Å². The number of nitrogens with one attached hydrogen (secondary N) is 2. The first-order chi connectivity index (χ1) is 12.7. The summed E-state index contributed by atoms with van der Waals surface area (Å²) in [7, 11) is 0. The molecule has 0 aromatic carbocycles. The average Bonchev–Trinajstić information content (AvgIpc) is 3.07. The Labute approximate surface area is 165 Å². The third kappa shape index (κ3) is 1.69. The number of ketones is 1. The van der Waals surface area contributed by atoms with Crippen molar-refractivity contribution in [2.24, 2.45) is 27.1 Å². The number of amides is 2. The van der Waals surface area contributed by atoms with Crippen molar-refractivity contribution >= 4 is 23.6 Å². The number of ether oxygens (including phenoxy) is 1. The van der Waals surface area contributed by atoms with Crippen molar-refractivity contribution in [2.45, 2.75) is 79.2 Å². The van der Waals surface area contributed by atoms with E-state index in [0.717, 1.165) is 0 Å². The second kappa shape index (κ2) is 4.97. The summed E-state index contributed by atoms with van der Waals surface area (Å²) in [6.45, 7) is 11.4. The highest BCUT2D eigenvalue weighted by Crippen LogP contribution is 2.70. The molecular formula is C21H30N2O5. The van der Waals surface area contributed by atoms with Gasteiger partial charge in [0.05, 0.1) is 10.8 Å². The van der Waals surface area contributed by atoms with Crippen molar-refractivity contribution < 1.29 is 23.9 Å². The van der Waals surface area contributed by atoms with Crippen LogP contribution in [0.5, 0.6) is 0 Å². The molecule has 3 aliphatic carbocycles.